The van der Waals surface area contributed by atoms with Crippen LogP contribution in [0.3, 0.4) is 0 Å². The highest BCUT2D eigenvalue weighted by Gasteiger charge is 2.22. The minimum atomic E-state index is -3.15. The molecule has 0 radical (unpaired) electrons. The van der Waals surface area contributed by atoms with Gasteiger partial charge in [0.05, 0.1) is 6.26 Å². The fraction of sp³-hybridized carbons (Fsp3) is 0.500. The molecule has 2 N–H and O–H groups in total. The predicted molar refractivity (Wildman–Crippen MR) is 75.3 cm³/mol. The Morgan fingerprint density at radius 2 is 2.21 bits per heavy atom. The highest BCUT2D eigenvalue weighted by Crippen LogP contribution is 2.37. The summed E-state index contributed by atoms with van der Waals surface area (Å²) in [7, 11) is -3.15. The molecule has 0 amide bonds. The summed E-state index contributed by atoms with van der Waals surface area (Å²) in [6.45, 7) is 0.867. The van der Waals surface area contributed by atoms with Crippen LogP contribution in [0, 0.1) is 5.82 Å². The van der Waals surface area contributed by atoms with Crippen molar-refractivity contribution in [2.75, 3.05) is 25.1 Å². The molecule has 0 saturated carbocycles. The number of benzene rings is 1. The topological polar surface area (TPSA) is 58.2 Å². The van der Waals surface area contributed by atoms with E-state index < -0.39 is 10.0 Å². The van der Waals surface area contributed by atoms with E-state index in [0.29, 0.717) is 18.0 Å². The van der Waals surface area contributed by atoms with E-state index in [1.165, 1.54) is 17.8 Å². The van der Waals surface area contributed by atoms with Crippen molar-refractivity contribution in [2.45, 2.75) is 17.4 Å². The standard InChI is InChI=1S/C12H17FN2O2S2/c1-19(16,17)15-7-6-14-11-5-8-18-12-9(11)3-2-4-10(12)13/h2-4,11,14-15H,5-8H2,1H3. The van der Waals surface area contributed by atoms with Gasteiger partial charge in [0.15, 0.2) is 0 Å². The molecule has 1 heterocycles. The van der Waals surface area contributed by atoms with E-state index in [0.717, 1.165) is 24.0 Å². The Hall–Kier alpha value is -0.630. The van der Waals surface area contributed by atoms with Gasteiger partial charge < -0.3 is 5.32 Å². The average Bonchev–Trinajstić information content (AvgIpc) is 2.34. The number of hydrogen-bond donors (Lipinski definition) is 2. The van der Waals surface area contributed by atoms with Crippen LogP contribution in [0.1, 0.15) is 18.0 Å². The largest absolute Gasteiger partial charge is 0.309 e. The summed E-state index contributed by atoms with van der Waals surface area (Å²) in [4.78, 5) is 0.710. The summed E-state index contributed by atoms with van der Waals surface area (Å²) >= 11 is 1.54. The zero-order valence-corrected chi connectivity index (χ0v) is 12.3. The maximum absolute atomic E-state index is 13.6. The second kappa shape index (κ2) is 6.21. The van der Waals surface area contributed by atoms with Crippen molar-refractivity contribution >= 4 is 21.8 Å². The van der Waals surface area contributed by atoms with Crippen molar-refractivity contribution in [2.24, 2.45) is 0 Å². The highest BCUT2D eigenvalue weighted by atomic mass is 32.2. The zero-order valence-electron chi connectivity index (χ0n) is 10.6. The maximum atomic E-state index is 13.6. The average molecular weight is 304 g/mol. The van der Waals surface area contributed by atoms with Crippen LogP contribution in [0.15, 0.2) is 23.1 Å². The predicted octanol–water partition coefficient (Wildman–Crippen LogP) is 1.50. The number of nitrogens with one attached hydrogen (secondary N) is 2. The van der Waals surface area contributed by atoms with Gasteiger partial charge in [-0.05, 0) is 23.8 Å². The third-order valence-corrected chi connectivity index (χ3v) is 4.79. The van der Waals surface area contributed by atoms with Crippen molar-refractivity contribution in [3.8, 4) is 0 Å². The monoisotopic (exact) mass is 304 g/mol. The lowest BCUT2D eigenvalue weighted by Crippen LogP contribution is -2.34. The molecule has 1 aromatic carbocycles. The number of halogens is 1. The van der Waals surface area contributed by atoms with Gasteiger partial charge in [0, 0.05) is 24.0 Å². The first-order valence-electron chi connectivity index (χ1n) is 6.06. The molecule has 0 aromatic heterocycles. The molecule has 1 aliphatic heterocycles. The SMILES string of the molecule is CS(=O)(=O)NCCNC1CCSc2c(F)cccc21. The van der Waals surface area contributed by atoms with E-state index in [1.807, 2.05) is 6.07 Å². The lowest BCUT2D eigenvalue weighted by molar-refractivity contribution is 0.497. The molecule has 0 spiro atoms. The summed E-state index contributed by atoms with van der Waals surface area (Å²) < 4.78 is 37.9. The molecule has 106 valence electrons. The van der Waals surface area contributed by atoms with Gasteiger partial charge in [0.2, 0.25) is 10.0 Å². The van der Waals surface area contributed by atoms with Crippen LogP contribution in [0.2, 0.25) is 0 Å². The van der Waals surface area contributed by atoms with Crippen LogP contribution < -0.4 is 10.0 Å². The van der Waals surface area contributed by atoms with Gasteiger partial charge in [-0.3, -0.25) is 0 Å². The van der Waals surface area contributed by atoms with Gasteiger partial charge in [-0.2, -0.15) is 0 Å². The molecular weight excluding hydrogens is 287 g/mol. The van der Waals surface area contributed by atoms with E-state index in [2.05, 4.69) is 10.0 Å². The molecule has 19 heavy (non-hydrogen) atoms. The first-order chi connectivity index (χ1) is 8.97. The van der Waals surface area contributed by atoms with Crippen LogP contribution in [0.25, 0.3) is 0 Å². The van der Waals surface area contributed by atoms with Gasteiger partial charge in [-0.1, -0.05) is 12.1 Å². The minimum absolute atomic E-state index is 0.0910. The summed E-state index contributed by atoms with van der Waals surface area (Å²) in [6, 6.07) is 5.20. The lowest BCUT2D eigenvalue weighted by atomic mass is 10.0. The molecular formula is C12H17FN2O2S2. The highest BCUT2D eigenvalue weighted by molar-refractivity contribution is 7.99. The fourth-order valence-corrected chi connectivity index (χ4v) is 3.69. The Balaban J connectivity index is 1.95. The maximum Gasteiger partial charge on any atom is 0.208 e. The van der Waals surface area contributed by atoms with Gasteiger partial charge in [-0.15, -0.1) is 11.8 Å². The second-order valence-corrected chi connectivity index (χ2v) is 7.41. The second-order valence-electron chi connectivity index (χ2n) is 4.47. The summed E-state index contributed by atoms with van der Waals surface area (Å²) in [5, 5.41) is 3.27. The Labute approximate surface area is 117 Å². The van der Waals surface area contributed by atoms with Crippen LogP contribution >= 0.6 is 11.8 Å². The van der Waals surface area contributed by atoms with E-state index in [-0.39, 0.29) is 11.9 Å². The molecule has 7 heteroatoms. The molecule has 1 aliphatic rings. The van der Waals surface area contributed by atoms with E-state index in [9.17, 15) is 12.8 Å². The van der Waals surface area contributed by atoms with Gasteiger partial charge in [0.25, 0.3) is 0 Å². The smallest absolute Gasteiger partial charge is 0.208 e. The number of rotatable bonds is 5. The minimum Gasteiger partial charge on any atom is -0.309 e. The number of sulfonamides is 1. The molecule has 1 atom stereocenters. The van der Waals surface area contributed by atoms with Crippen molar-refractivity contribution in [1.29, 1.82) is 0 Å². The van der Waals surface area contributed by atoms with E-state index in [1.54, 1.807) is 6.07 Å². The van der Waals surface area contributed by atoms with Crippen molar-refractivity contribution in [3.05, 3.63) is 29.6 Å². The fourth-order valence-electron chi connectivity index (χ4n) is 2.08. The molecule has 0 aliphatic carbocycles. The molecule has 1 aromatic rings. The quantitative estimate of drug-likeness (QED) is 0.810. The van der Waals surface area contributed by atoms with Gasteiger partial charge in [-0.25, -0.2) is 17.5 Å². The Kier molecular flexibility index (Phi) is 4.83. The molecule has 0 fully saturated rings. The Morgan fingerprint density at radius 3 is 2.95 bits per heavy atom. The molecule has 0 saturated heterocycles. The van der Waals surface area contributed by atoms with Crippen molar-refractivity contribution in [1.82, 2.24) is 10.0 Å². The van der Waals surface area contributed by atoms with Crippen molar-refractivity contribution < 1.29 is 12.8 Å². The van der Waals surface area contributed by atoms with Gasteiger partial charge >= 0.3 is 0 Å². The Bertz CT molecular complexity index is 549. The van der Waals surface area contributed by atoms with Gasteiger partial charge in [0.1, 0.15) is 5.82 Å². The van der Waals surface area contributed by atoms with Crippen molar-refractivity contribution in [3.63, 3.8) is 0 Å². The number of thioether (sulfide) groups is 1. The molecule has 2 rings (SSSR count). The van der Waals surface area contributed by atoms with E-state index >= 15 is 0 Å². The Morgan fingerprint density at radius 1 is 1.42 bits per heavy atom. The zero-order chi connectivity index (χ0) is 13.9. The van der Waals surface area contributed by atoms with Crippen LogP contribution in [0.4, 0.5) is 4.39 Å². The van der Waals surface area contributed by atoms with Crippen LogP contribution in [-0.2, 0) is 10.0 Å². The molecule has 4 nitrogen and oxygen atoms in total. The molecule has 0 bridgehead atoms. The first-order valence-corrected chi connectivity index (χ1v) is 8.94. The first kappa shape index (κ1) is 14.8. The molecule has 1 unspecified atom stereocenters. The third-order valence-electron chi connectivity index (χ3n) is 2.91. The summed E-state index contributed by atoms with van der Waals surface area (Å²) in [5.74, 6) is 0.689. The third kappa shape index (κ3) is 4.17. The lowest BCUT2D eigenvalue weighted by Gasteiger charge is -2.26. The summed E-state index contributed by atoms with van der Waals surface area (Å²) in [5.41, 5.74) is 0.968. The summed E-state index contributed by atoms with van der Waals surface area (Å²) in [6.07, 6.45) is 2.05. The normalized spacial score (nSPS) is 19.2. The van der Waals surface area contributed by atoms with E-state index in [4.69, 9.17) is 0 Å². The van der Waals surface area contributed by atoms with Crippen LogP contribution in [-0.4, -0.2) is 33.5 Å². The number of hydrogen-bond acceptors (Lipinski definition) is 4. The number of fused-ring (bicyclic) bond motifs is 1. The van der Waals surface area contributed by atoms with Crippen LogP contribution in [0.5, 0.6) is 0 Å².